The molecule has 0 amide bonds. The highest BCUT2D eigenvalue weighted by Gasteiger charge is 2.10. The van der Waals surface area contributed by atoms with Crippen LogP contribution in [0.4, 0.5) is 0 Å². The van der Waals surface area contributed by atoms with E-state index in [9.17, 15) is 0 Å². The minimum absolute atomic E-state index is 0.406. The first-order chi connectivity index (χ1) is 9.17. The van der Waals surface area contributed by atoms with Crippen LogP contribution in [0.5, 0.6) is 0 Å². The van der Waals surface area contributed by atoms with Gasteiger partial charge >= 0.3 is 0 Å². The molecule has 0 radical (unpaired) electrons. The molecule has 0 bridgehead atoms. The van der Waals surface area contributed by atoms with Gasteiger partial charge in [-0.2, -0.15) is 0 Å². The zero-order valence-corrected chi connectivity index (χ0v) is 12.9. The van der Waals surface area contributed by atoms with Crippen molar-refractivity contribution in [3.63, 3.8) is 0 Å². The number of rotatable bonds is 9. The number of hydrogen-bond acceptors (Lipinski definition) is 2. The Kier molecular flexibility index (Phi) is 7.76. The maximum absolute atomic E-state index is 5.49. The monoisotopic (exact) mass is 263 g/mol. The summed E-state index contributed by atoms with van der Waals surface area (Å²) in [6, 6.07) is 9.39. The maximum atomic E-state index is 5.49. The lowest BCUT2D eigenvalue weighted by atomic mass is 9.97. The summed E-state index contributed by atoms with van der Waals surface area (Å²) in [4.78, 5) is 0. The average molecular weight is 263 g/mol. The second-order valence-electron chi connectivity index (χ2n) is 5.44. The summed E-state index contributed by atoms with van der Waals surface area (Å²) in [6.45, 7) is 11.4. The van der Waals surface area contributed by atoms with Gasteiger partial charge in [0.25, 0.3) is 0 Å². The van der Waals surface area contributed by atoms with E-state index in [1.165, 1.54) is 11.1 Å². The van der Waals surface area contributed by atoms with Crippen molar-refractivity contribution in [3.8, 4) is 0 Å². The van der Waals surface area contributed by atoms with Crippen LogP contribution >= 0.6 is 0 Å². The van der Waals surface area contributed by atoms with E-state index in [1.807, 2.05) is 6.92 Å². The number of ether oxygens (including phenoxy) is 1. The smallest absolute Gasteiger partial charge is 0.0484 e. The molecule has 0 fully saturated rings. The lowest BCUT2D eigenvalue weighted by Crippen LogP contribution is -2.22. The van der Waals surface area contributed by atoms with Crippen LogP contribution in [0.3, 0.4) is 0 Å². The molecule has 1 unspecified atom stereocenters. The third kappa shape index (κ3) is 6.22. The normalized spacial score (nSPS) is 12.9. The molecule has 0 aliphatic rings. The van der Waals surface area contributed by atoms with Crippen LogP contribution in [-0.4, -0.2) is 19.8 Å². The molecule has 0 spiro atoms. The van der Waals surface area contributed by atoms with Crippen molar-refractivity contribution in [2.75, 3.05) is 19.8 Å². The van der Waals surface area contributed by atoms with E-state index in [0.29, 0.717) is 12.0 Å². The van der Waals surface area contributed by atoms with Crippen LogP contribution in [-0.2, 0) is 11.2 Å². The van der Waals surface area contributed by atoms with Crippen LogP contribution in [0.2, 0.25) is 0 Å². The predicted octanol–water partition coefficient (Wildman–Crippen LogP) is 3.96. The molecular weight excluding hydrogens is 234 g/mol. The summed E-state index contributed by atoms with van der Waals surface area (Å²) < 4.78 is 5.49. The Bertz CT molecular complexity index is 349. The van der Waals surface area contributed by atoms with E-state index in [1.54, 1.807) is 0 Å². The predicted molar refractivity (Wildman–Crippen MR) is 82.5 cm³/mol. The minimum atomic E-state index is 0.406. The lowest BCUT2D eigenvalue weighted by Gasteiger charge is -2.19. The molecule has 2 heteroatoms. The largest absolute Gasteiger partial charge is 0.382 e. The molecule has 1 atom stereocenters. The van der Waals surface area contributed by atoms with Gasteiger partial charge in [-0.3, -0.25) is 0 Å². The van der Waals surface area contributed by atoms with Gasteiger partial charge < -0.3 is 10.1 Å². The molecule has 0 saturated carbocycles. The molecular formula is C17H29NO. The number of hydrogen-bond donors (Lipinski definition) is 1. The summed E-state index contributed by atoms with van der Waals surface area (Å²) in [7, 11) is 0. The van der Waals surface area contributed by atoms with Crippen LogP contribution < -0.4 is 5.32 Å². The Morgan fingerprint density at radius 2 is 2.00 bits per heavy atom. The SMILES string of the molecule is CCNC(CCOCC)c1cccc(CC(C)C)c1. The fourth-order valence-corrected chi connectivity index (χ4v) is 2.39. The third-order valence-corrected chi connectivity index (χ3v) is 3.20. The van der Waals surface area contributed by atoms with Crippen LogP contribution in [0.1, 0.15) is 51.3 Å². The molecule has 2 nitrogen and oxygen atoms in total. The van der Waals surface area contributed by atoms with Gasteiger partial charge in [-0.1, -0.05) is 45.0 Å². The van der Waals surface area contributed by atoms with Gasteiger partial charge in [0.2, 0.25) is 0 Å². The van der Waals surface area contributed by atoms with E-state index in [0.717, 1.165) is 32.6 Å². The first kappa shape index (κ1) is 16.2. The first-order valence-corrected chi connectivity index (χ1v) is 7.57. The lowest BCUT2D eigenvalue weighted by molar-refractivity contribution is 0.136. The Labute approximate surface area is 118 Å². The summed E-state index contributed by atoms with van der Waals surface area (Å²) in [5.74, 6) is 0.705. The molecule has 1 aromatic carbocycles. The molecule has 0 saturated heterocycles. The fraction of sp³-hybridized carbons (Fsp3) is 0.647. The molecule has 108 valence electrons. The highest BCUT2D eigenvalue weighted by Crippen LogP contribution is 2.19. The van der Waals surface area contributed by atoms with Crippen molar-refractivity contribution >= 4 is 0 Å². The highest BCUT2D eigenvalue weighted by molar-refractivity contribution is 5.26. The van der Waals surface area contributed by atoms with E-state index in [2.05, 4.69) is 50.4 Å². The third-order valence-electron chi connectivity index (χ3n) is 3.20. The molecule has 1 N–H and O–H groups in total. The Balaban J connectivity index is 2.71. The maximum Gasteiger partial charge on any atom is 0.0484 e. The van der Waals surface area contributed by atoms with Crippen LogP contribution in [0.25, 0.3) is 0 Å². The molecule has 1 rings (SSSR count). The molecule has 0 aliphatic carbocycles. The first-order valence-electron chi connectivity index (χ1n) is 7.57. The Morgan fingerprint density at radius 3 is 2.63 bits per heavy atom. The van der Waals surface area contributed by atoms with Gasteiger partial charge in [-0.25, -0.2) is 0 Å². The van der Waals surface area contributed by atoms with Crippen molar-refractivity contribution < 1.29 is 4.74 Å². The molecule has 0 heterocycles. The molecule has 0 aromatic heterocycles. The van der Waals surface area contributed by atoms with Gasteiger partial charge in [-0.05, 0) is 43.4 Å². The van der Waals surface area contributed by atoms with Gasteiger partial charge in [0, 0.05) is 19.3 Å². The Hall–Kier alpha value is -0.860. The fourth-order valence-electron chi connectivity index (χ4n) is 2.39. The van der Waals surface area contributed by atoms with Crippen molar-refractivity contribution in [2.24, 2.45) is 5.92 Å². The second kappa shape index (κ2) is 9.11. The standard InChI is InChI=1S/C17H29NO/c1-5-18-17(10-11-19-6-2)16-9-7-8-15(13-16)12-14(3)4/h7-9,13-14,17-18H,5-6,10-12H2,1-4H3. The van der Waals surface area contributed by atoms with E-state index < -0.39 is 0 Å². The van der Waals surface area contributed by atoms with Crippen LogP contribution in [0.15, 0.2) is 24.3 Å². The summed E-state index contributed by atoms with van der Waals surface area (Å²) >= 11 is 0. The average Bonchev–Trinajstić information content (AvgIpc) is 2.37. The van der Waals surface area contributed by atoms with Gasteiger partial charge in [0.05, 0.1) is 0 Å². The van der Waals surface area contributed by atoms with Crippen molar-refractivity contribution in [1.82, 2.24) is 5.32 Å². The quantitative estimate of drug-likeness (QED) is 0.681. The van der Waals surface area contributed by atoms with E-state index in [4.69, 9.17) is 4.74 Å². The zero-order valence-electron chi connectivity index (χ0n) is 12.9. The second-order valence-corrected chi connectivity index (χ2v) is 5.44. The number of benzene rings is 1. The minimum Gasteiger partial charge on any atom is -0.382 e. The van der Waals surface area contributed by atoms with Crippen LogP contribution in [0, 0.1) is 5.92 Å². The van der Waals surface area contributed by atoms with E-state index >= 15 is 0 Å². The molecule has 1 aromatic rings. The number of nitrogens with one attached hydrogen (secondary N) is 1. The van der Waals surface area contributed by atoms with E-state index in [-0.39, 0.29) is 0 Å². The van der Waals surface area contributed by atoms with Gasteiger partial charge in [0.15, 0.2) is 0 Å². The summed E-state index contributed by atoms with van der Waals surface area (Å²) in [5.41, 5.74) is 2.83. The molecule has 19 heavy (non-hydrogen) atoms. The molecule has 0 aliphatic heterocycles. The van der Waals surface area contributed by atoms with Crippen molar-refractivity contribution in [3.05, 3.63) is 35.4 Å². The Morgan fingerprint density at radius 1 is 1.21 bits per heavy atom. The highest BCUT2D eigenvalue weighted by atomic mass is 16.5. The van der Waals surface area contributed by atoms with Gasteiger partial charge in [-0.15, -0.1) is 0 Å². The zero-order chi connectivity index (χ0) is 14.1. The summed E-state index contributed by atoms with van der Waals surface area (Å²) in [6.07, 6.45) is 2.19. The van der Waals surface area contributed by atoms with Gasteiger partial charge in [0.1, 0.15) is 0 Å². The van der Waals surface area contributed by atoms with Crippen molar-refractivity contribution in [2.45, 2.75) is 46.6 Å². The summed E-state index contributed by atoms with van der Waals surface area (Å²) in [5, 5.41) is 3.56. The van der Waals surface area contributed by atoms with Crippen molar-refractivity contribution in [1.29, 1.82) is 0 Å². The topological polar surface area (TPSA) is 21.3 Å².